The molecule has 0 aliphatic rings. The summed E-state index contributed by atoms with van der Waals surface area (Å²) in [4.78, 5) is 17.8. The smallest absolute Gasteiger partial charge is 0.475 e. The summed E-state index contributed by atoms with van der Waals surface area (Å²) in [7, 11) is 0. The molecule has 6 N–H and O–H groups in total. The lowest BCUT2D eigenvalue weighted by Gasteiger charge is -2.11. The van der Waals surface area contributed by atoms with Crippen LogP contribution in [0.25, 0.3) is 11.1 Å². The lowest BCUT2D eigenvalue weighted by atomic mass is 9.99. The predicted molar refractivity (Wildman–Crippen MR) is 138 cm³/mol. The first-order chi connectivity index (χ1) is 19.2. The molecule has 3 aromatic rings. The van der Waals surface area contributed by atoms with E-state index in [9.17, 15) is 26.3 Å². The summed E-state index contributed by atoms with van der Waals surface area (Å²) >= 11 is 0. The predicted octanol–water partition coefficient (Wildman–Crippen LogP) is 4.92. The Bertz CT molecular complexity index is 1290. The van der Waals surface area contributed by atoms with Crippen molar-refractivity contribution in [2.75, 3.05) is 0 Å². The molecule has 0 heterocycles. The van der Waals surface area contributed by atoms with Gasteiger partial charge in [-0.15, -0.1) is 0 Å². The van der Waals surface area contributed by atoms with Crippen molar-refractivity contribution in [3.63, 3.8) is 0 Å². The Morgan fingerprint density at radius 2 is 1.12 bits per heavy atom. The van der Waals surface area contributed by atoms with E-state index in [1.807, 2.05) is 48.5 Å². The number of ether oxygens (including phenoxy) is 1. The van der Waals surface area contributed by atoms with Gasteiger partial charge in [-0.05, 0) is 33.4 Å². The molecule has 0 aromatic heterocycles. The molecule has 3 rings (SSSR count). The second-order valence-electron chi connectivity index (χ2n) is 7.68. The molecule has 0 bridgehead atoms. The maximum Gasteiger partial charge on any atom is 0.490 e. The number of halogens is 6. The van der Waals surface area contributed by atoms with Gasteiger partial charge in [0.1, 0.15) is 0 Å². The number of nitrogens with zero attached hydrogens (tertiary/aromatic N) is 2. The highest BCUT2D eigenvalue weighted by Gasteiger charge is 2.38. The van der Waals surface area contributed by atoms with Gasteiger partial charge in [0.25, 0.3) is 0 Å². The van der Waals surface area contributed by atoms with E-state index in [1.54, 1.807) is 12.4 Å². The Hall–Kier alpha value is -4.92. The number of hydrazone groups is 2. The summed E-state index contributed by atoms with van der Waals surface area (Å²) in [5, 5.41) is 21.3. The van der Waals surface area contributed by atoms with Gasteiger partial charge in [0.15, 0.2) is 0 Å². The van der Waals surface area contributed by atoms with E-state index in [2.05, 4.69) is 34.5 Å². The SMILES string of the molecule is NN=Cc1ccc(COCc2ccccc2-c2ccc(C=NN)cc2)cc1.O=C(O)C(F)(F)F.O=C(O)C(F)(F)F. The fourth-order valence-corrected chi connectivity index (χ4v) is 2.83. The van der Waals surface area contributed by atoms with Crippen LogP contribution in [0.5, 0.6) is 0 Å². The largest absolute Gasteiger partial charge is 0.490 e. The van der Waals surface area contributed by atoms with Crippen molar-refractivity contribution in [3.05, 3.63) is 95.1 Å². The normalized spacial score (nSPS) is 11.4. The zero-order valence-corrected chi connectivity index (χ0v) is 20.9. The van der Waals surface area contributed by atoms with Crippen molar-refractivity contribution in [1.82, 2.24) is 0 Å². The highest BCUT2D eigenvalue weighted by atomic mass is 19.4. The third-order valence-corrected chi connectivity index (χ3v) is 4.68. The van der Waals surface area contributed by atoms with Crippen molar-refractivity contribution in [1.29, 1.82) is 0 Å². The number of hydrogen-bond acceptors (Lipinski definition) is 7. The minimum Gasteiger partial charge on any atom is -0.475 e. The lowest BCUT2D eigenvalue weighted by molar-refractivity contribution is -0.193. The fourth-order valence-electron chi connectivity index (χ4n) is 2.83. The van der Waals surface area contributed by atoms with Gasteiger partial charge in [-0.2, -0.15) is 36.5 Å². The van der Waals surface area contributed by atoms with Crippen molar-refractivity contribution < 1.29 is 50.9 Å². The van der Waals surface area contributed by atoms with Crippen LogP contribution in [-0.4, -0.2) is 46.9 Å². The minimum atomic E-state index is -5.08. The summed E-state index contributed by atoms with van der Waals surface area (Å²) < 4.78 is 69.4. The molecule has 0 aliphatic heterocycles. The first-order valence-corrected chi connectivity index (χ1v) is 11.1. The number of carboxylic acid groups (broad SMARTS) is 2. The number of nitrogens with two attached hydrogens (primary N) is 2. The minimum absolute atomic E-state index is 0.536. The van der Waals surface area contributed by atoms with Crippen LogP contribution in [-0.2, 0) is 27.5 Å². The third-order valence-electron chi connectivity index (χ3n) is 4.68. The zero-order chi connectivity index (χ0) is 31.1. The molecule has 0 saturated heterocycles. The van der Waals surface area contributed by atoms with Crippen molar-refractivity contribution in [2.45, 2.75) is 25.6 Å². The van der Waals surface area contributed by atoms with E-state index >= 15 is 0 Å². The number of carboxylic acids is 2. The van der Waals surface area contributed by atoms with Crippen LogP contribution in [0.15, 0.2) is 83.0 Å². The molecule has 0 amide bonds. The molecule has 0 saturated carbocycles. The van der Waals surface area contributed by atoms with Crippen molar-refractivity contribution >= 4 is 24.4 Å². The van der Waals surface area contributed by atoms with E-state index in [0.29, 0.717) is 13.2 Å². The highest BCUT2D eigenvalue weighted by molar-refractivity contribution is 5.81. The van der Waals surface area contributed by atoms with E-state index in [1.165, 1.54) is 0 Å². The van der Waals surface area contributed by atoms with Crippen molar-refractivity contribution in [3.8, 4) is 11.1 Å². The maximum absolute atomic E-state index is 10.6. The molecule has 41 heavy (non-hydrogen) atoms. The van der Waals surface area contributed by atoms with Crippen LogP contribution in [0.4, 0.5) is 26.3 Å². The van der Waals surface area contributed by atoms with Gasteiger partial charge in [0, 0.05) is 0 Å². The number of benzene rings is 3. The average Bonchev–Trinajstić information content (AvgIpc) is 2.90. The number of carbonyl (C=O) groups is 2. The molecule has 220 valence electrons. The van der Waals surface area contributed by atoms with Crippen LogP contribution in [0.2, 0.25) is 0 Å². The highest BCUT2D eigenvalue weighted by Crippen LogP contribution is 2.25. The molecule has 0 spiro atoms. The van der Waals surface area contributed by atoms with Gasteiger partial charge < -0.3 is 26.6 Å². The molecule has 0 fully saturated rings. The molecule has 0 unspecified atom stereocenters. The van der Waals surface area contributed by atoms with Gasteiger partial charge in [0.05, 0.1) is 25.6 Å². The number of rotatable bonds is 7. The number of hydrogen-bond donors (Lipinski definition) is 4. The monoisotopic (exact) mass is 586 g/mol. The first kappa shape index (κ1) is 34.1. The van der Waals surface area contributed by atoms with E-state index in [0.717, 1.165) is 33.4 Å². The van der Waals surface area contributed by atoms with Gasteiger partial charge in [0.2, 0.25) is 0 Å². The molecule has 3 aromatic carbocycles. The van der Waals surface area contributed by atoms with Crippen LogP contribution in [0.1, 0.15) is 22.3 Å². The van der Waals surface area contributed by atoms with Crippen molar-refractivity contribution in [2.24, 2.45) is 21.9 Å². The lowest BCUT2D eigenvalue weighted by Crippen LogP contribution is -2.21. The average molecular weight is 586 g/mol. The molecule has 0 aliphatic carbocycles. The van der Waals surface area contributed by atoms with E-state index in [-0.39, 0.29) is 0 Å². The summed E-state index contributed by atoms with van der Waals surface area (Å²) in [6.07, 6.45) is -6.92. The van der Waals surface area contributed by atoms with E-state index < -0.39 is 24.3 Å². The van der Waals surface area contributed by atoms with E-state index in [4.69, 9.17) is 36.2 Å². The molecule has 0 radical (unpaired) electrons. The Kier molecular flexibility index (Phi) is 13.5. The maximum atomic E-state index is 10.6. The summed E-state index contributed by atoms with van der Waals surface area (Å²) in [6.45, 7) is 1.08. The molecule has 0 atom stereocenters. The zero-order valence-electron chi connectivity index (χ0n) is 20.9. The van der Waals surface area contributed by atoms with Crippen LogP contribution >= 0.6 is 0 Å². The number of alkyl halides is 6. The molecular formula is C26H24F6N4O5. The standard InChI is InChI=1S/C22H22N4O.2C2HF3O2/c23-25-13-17-5-7-19(8-6-17)15-27-16-21-3-1-2-4-22(21)20-11-9-18(10-12-20)14-26-24;2*3-2(4,5)1(6)7/h1-14H,15-16,23-24H2;2*(H,6,7). The van der Waals surface area contributed by atoms with Gasteiger partial charge in [-0.1, -0.05) is 72.8 Å². The van der Waals surface area contributed by atoms with Gasteiger partial charge in [-0.25, -0.2) is 9.59 Å². The molecule has 9 nitrogen and oxygen atoms in total. The Labute approximate surface area is 229 Å². The van der Waals surface area contributed by atoms with Crippen LogP contribution < -0.4 is 11.7 Å². The Morgan fingerprint density at radius 1 is 0.707 bits per heavy atom. The first-order valence-electron chi connectivity index (χ1n) is 11.1. The topological polar surface area (TPSA) is 161 Å². The summed E-state index contributed by atoms with van der Waals surface area (Å²) in [5.74, 6) is 4.85. The third kappa shape index (κ3) is 13.1. The quantitative estimate of drug-likeness (QED) is 0.132. The van der Waals surface area contributed by atoms with Crippen LogP contribution in [0, 0.1) is 0 Å². The Balaban J connectivity index is 0.000000497. The summed E-state index contributed by atoms with van der Waals surface area (Å²) in [5.41, 5.74) is 6.47. The molecular weight excluding hydrogens is 562 g/mol. The van der Waals surface area contributed by atoms with Gasteiger partial charge in [-0.3, -0.25) is 0 Å². The second kappa shape index (κ2) is 16.2. The Morgan fingerprint density at radius 3 is 1.54 bits per heavy atom. The fraction of sp³-hybridized carbons (Fsp3) is 0.154. The second-order valence-corrected chi connectivity index (χ2v) is 7.68. The summed E-state index contributed by atoms with van der Waals surface area (Å²) in [6, 6.07) is 24.3. The van der Waals surface area contributed by atoms with Crippen LogP contribution in [0.3, 0.4) is 0 Å². The number of aliphatic carboxylic acids is 2. The molecule has 15 heteroatoms. The van der Waals surface area contributed by atoms with Gasteiger partial charge >= 0.3 is 24.3 Å².